The van der Waals surface area contributed by atoms with Crippen LogP contribution in [0.1, 0.15) is 5.56 Å². The summed E-state index contributed by atoms with van der Waals surface area (Å²) in [7, 11) is 1.63. The Labute approximate surface area is 139 Å². The van der Waals surface area contributed by atoms with Crippen LogP contribution in [0.15, 0.2) is 54.7 Å². The largest absolute Gasteiger partial charge is 0.496 e. The average molecular weight is 326 g/mol. The van der Waals surface area contributed by atoms with E-state index >= 15 is 0 Å². The molecule has 0 bridgehead atoms. The SMILES string of the molecule is COc1ccccc1CCNC(=O)Cn1ccc2ccc(F)cc21. The Kier molecular flexibility index (Phi) is 4.79. The first-order valence-corrected chi connectivity index (χ1v) is 7.80. The summed E-state index contributed by atoms with van der Waals surface area (Å²) in [6, 6.07) is 14.2. The quantitative estimate of drug-likeness (QED) is 0.756. The van der Waals surface area contributed by atoms with E-state index in [0.29, 0.717) is 13.0 Å². The standard InChI is InChI=1S/C19H19FN2O2/c1-24-18-5-3-2-4-15(18)8-10-21-19(23)13-22-11-9-14-6-7-16(20)12-17(14)22/h2-7,9,11-12H,8,10,13H2,1H3,(H,21,23). The van der Waals surface area contributed by atoms with E-state index in [0.717, 1.165) is 22.2 Å². The number of carbonyl (C=O) groups is 1. The molecule has 0 saturated carbocycles. The maximum atomic E-state index is 13.4. The van der Waals surface area contributed by atoms with E-state index in [2.05, 4.69) is 5.32 Å². The molecule has 2 aromatic carbocycles. The summed E-state index contributed by atoms with van der Waals surface area (Å²) in [5, 5.41) is 3.81. The summed E-state index contributed by atoms with van der Waals surface area (Å²) < 4.78 is 20.4. The summed E-state index contributed by atoms with van der Waals surface area (Å²) in [4.78, 5) is 12.1. The number of hydrogen-bond donors (Lipinski definition) is 1. The van der Waals surface area contributed by atoms with Crippen molar-refractivity contribution in [2.75, 3.05) is 13.7 Å². The maximum Gasteiger partial charge on any atom is 0.239 e. The topological polar surface area (TPSA) is 43.3 Å². The summed E-state index contributed by atoms with van der Waals surface area (Å²) in [5.41, 5.74) is 1.77. The smallest absolute Gasteiger partial charge is 0.239 e. The molecule has 3 aromatic rings. The monoisotopic (exact) mass is 326 g/mol. The minimum absolute atomic E-state index is 0.105. The van der Waals surface area contributed by atoms with Gasteiger partial charge in [0.1, 0.15) is 18.1 Å². The molecule has 0 fully saturated rings. The number of aromatic nitrogens is 1. The molecule has 1 amide bonds. The third kappa shape index (κ3) is 3.56. The number of methoxy groups -OCH3 is 1. The number of amides is 1. The number of nitrogens with zero attached hydrogens (tertiary/aromatic N) is 1. The molecule has 3 rings (SSSR count). The molecule has 1 aromatic heterocycles. The molecule has 0 aliphatic carbocycles. The van der Waals surface area contributed by atoms with Gasteiger partial charge in [0, 0.05) is 12.7 Å². The molecule has 0 saturated heterocycles. The van der Waals surface area contributed by atoms with Crippen LogP contribution in [0.4, 0.5) is 4.39 Å². The first-order chi connectivity index (χ1) is 11.7. The predicted molar refractivity (Wildman–Crippen MR) is 91.6 cm³/mol. The fraction of sp³-hybridized carbons (Fsp3) is 0.211. The summed E-state index contributed by atoms with van der Waals surface area (Å²) in [6.07, 6.45) is 2.49. The van der Waals surface area contributed by atoms with Crippen LogP contribution in [0.2, 0.25) is 0 Å². The predicted octanol–water partition coefficient (Wildman–Crippen LogP) is 3.15. The lowest BCUT2D eigenvalue weighted by Crippen LogP contribution is -2.29. The Balaban J connectivity index is 1.58. The Morgan fingerprint density at radius 3 is 2.88 bits per heavy atom. The van der Waals surface area contributed by atoms with E-state index in [4.69, 9.17) is 4.74 Å². The number of hydrogen-bond acceptors (Lipinski definition) is 2. The van der Waals surface area contributed by atoms with Gasteiger partial charge in [-0.1, -0.05) is 18.2 Å². The molecule has 0 spiro atoms. The van der Waals surface area contributed by atoms with Crippen molar-refractivity contribution in [3.63, 3.8) is 0 Å². The minimum atomic E-state index is -0.306. The van der Waals surface area contributed by atoms with Gasteiger partial charge in [-0.05, 0) is 47.7 Å². The van der Waals surface area contributed by atoms with Gasteiger partial charge in [-0.3, -0.25) is 4.79 Å². The molecule has 0 radical (unpaired) electrons. The number of rotatable bonds is 6. The van der Waals surface area contributed by atoms with Crippen molar-refractivity contribution < 1.29 is 13.9 Å². The Bertz CT molecular complexity index is 857. The zero-order chi connectivity index (χ0) is 16.9. The Hall–Kier alpha value is -2.82. The normalized spacial score (nSPS) is 10.8. The molecule has 0 aliphatic rings. The number of nitrogens with one attached hydrogen (secondary N) is 1. The third-order valence-corrected chi connectivity index (χ3v) is 3.96. The van der Waals surface area contributed by atoms with E-state index in [1.54, 1.807) is 23.9 Å². The van der Waals surface area contributed by atoms with Crippen molar-refractivity contribution in [2.45, 2.75) is 13.0 Å². The highest BCUT2D eigenvalue weighted by molar-refractivity contribution is 5.83. The van der Waals surface area contributed by atoms with Crippen LogP contribution in [0, 0.1) is 5.82 Å². The molecule has 1 heterocycles. The summed E-state index contributed by atoms with van der Waals surface area (Å²) in [6.45, 7) is 0.686. The van der Waals surface area contributed by atoms with Crippen molar-refractivity contribution in [1.29, 1.82) is 0 Å². The minimum Gasteiger partial charge on any atom is -0.496 e. The van der Waals surface area contributed by atoms with Crippen molar-refractivity contribution in [1.82, 2.24) is 9.88 Å². The fourth-order valence-corrected chi connectivity index (χ4v) is 2.75. The number of halogens is 1. The molecular weight excluding hydrogens is 307 g/mol. The number of fused-ring (bicyclic) bond motifs is 1. The first-order valence-electron chi connectivity index (χ1n) is 7.80. The van der Waals surface area contributed by atoms with Crippen LogP contribution in [0.25, 0.3) is 10.9 Å². The molecule has 124 valence electrons. The van der Waals surface area contributed by atoms with Crippen molar-refractivity contribution in [3.8, 4) is 5.75 Å². The average Bonchev–Trinajstić information content (AvgIpc) is 2.97. The van der Waals surface area contributed by atoms with Crippen LogP contribution in [0.3, 0.4) is 0 Å². The lowest BCUT2D eigenvalue weighted by atomic mass is 10.1. The van der Waals surface area contributed by atoms with Crippen molar-refractivity contribution >= 4 is 16.8 Å². The fourth-order valence-electron chi connectivity index (χ4n) is 2.75. The first kappa shape index (κ1) is 16.1. The van der Waals surface area contributed by atoms with Crippen LogP contribution in [-0.2, 0) is 17.8 Å². The molecule has 24 heavy (non-hydrogen) atoms. The van der Waals surface area contributed by atoms with Crippen LogP contribution >= 0.6 is 0 Å². The Morgan fingerprint density at radius 2 is 2.04 bits per heavy atom. The Morgan fingerprint density at radius 1 is 1.21 bits per heavy atom. The van der Waals surface area contributed by atoms with Crippen LogP contribution in [-0.4, -0.2) is 24.1 Å². The molecule has 5 heteroatoms. The molecular formula is C19H19FN2O2. The van der Waals surface area contributed by atoms with Crippen LogP contribution < -0.4 is 10.1 Å². The van der Waals surface area contributed by atoms with Gasteiger partial charge in [-0.25, -0.2) is 4.39 Å². The second kappa shape index (κ2) is 7.17. The highest BCUT2D eigenvalue weighted by Gasteiger charge is 2.08. The van der Waals surface area contributed by atoms with Crippen molar-refractivity contribution in [3.05, 3.63) is 66.1 Å². The molecule has 0 aliphatic heterocycles. The molecule has 0 unspecified atom stereocenters. The number of benzene rings is 2. The third-order valence-electron chi connectivity index (χ3n) is 3.96. The highest BCUT2D eigenvalue weighted by atomic mass is 19.1. The van der Waals surface area contributed by atoms with Gasteiger partial charge in [0.15, 0.2) is 0 Å². The van der Waals surface area contributed by atoms with Gasteiger partial charge in [-0.2, -0.15) is 0 Å². The van der Waals surface area contributed by atoms with Crippen molar-refractivity contribution in [2.24, 2.45) is 0 Å². The second-order valence-corrected chi connectivity index (χ2v) is 5.56. The second-order valence-electron chi connectivity index (χ2n) is 5.56. The van der Waals surface area contributed by atoms with Gasteiger partial charge in [0.25, 0.3) is 0 Å². The zero-order valence-corrected chi connectivity index (χ0v) is 13.5. The number of carbonyl (C=O) groups excluding carboxylic acids is 1. The maximum absolute atomic E-state index is 13.4. The van der Waals surface area contributed by atoms with Gasteiger partial charge >= 0.3 is 0 Å². The number of ether oxygens (including phenoxy) is 1. The lowest BCUT2D eigenvalue weighted by molar-refractivity contribution is -0.121. The molecule has 1 N–H and O–H groups in total. The molecule has 4 nitrogen and oxygen atoms in total. The lowest BCUT2D eigenvalue weighted by Gasteiger charge is -2.10. The highest BCUT2D eigenvalue weighted by Crippen LogP contribution is 2.18. The summed E-state index contributed by atoms with van der Waals surface area (Å²) in [5.74, 6) is 0.407. The number of para-hydroxylation sites is 1. The van der Waals surface area contributed by atoms with Gasteiger partial charge in [0.2, 0.25) is 5.91 Å². The van der Waals surface area contributed by atoms with Gasteiger partial charge in [-0.15, -0.1) is 0 Å². The molecule has 0 atom stereocenters. The van der Waals surface area contributed by atoms with E-state index in [1.165, 1.54) is 12.1 Å². The van der Waals surface area contributed by atoms with E-state index < -0.39 is 0 Å². The zero-order valence-electron chi connectivity index (χ0n) is 13.5. The van der Waals surface area contributed by atoms with Gasteiger partial charge < -0.3 is 14.6 Å². The van der Waals surface area contributed by atoms with Crippen LogP contribution in [0.5, 0.6) is 5.75 Å². The van der Waals surface area contributed by atoms with E-state index in [-0.39, 0.29) is 18.3 Å². The van der Waals surface area contributed by atoms with E-state index in [9.17, 15) is 9.18 Å². The summed E-state index contributed by atoms with van der Waals surface area (Å²) >= 11 is 0. The van der Waals surface area contributed by atoms with Gasteiger partial charge in [0.05, 0.1) is 12.6 Å². The van der Waals surface area contributed by atoms with E-state index in [1.807, 2.05) is 30.3 Å².